The fourth-order valence-electron chi connectivity index (χ4n) is 4.16. The molecule has 4 aromatic rings. The van der Waals surface area contributed by atoms with Crippen LogP contribution in [0.15, 0.2) is 90.3 Å². The number of hydrogen-bond acceptors (Lipinski definition) is 7. The molecule has 3 heterocycles. The molecule has 0 saturated heterocycles. The van der Waals surface area contributed by atoms with Crippen molar-refractivity contribution in [3.05, 3.63) is 102 Å². The lowest BCUT2D eigenvalue weighted by molar-refractivity contribution is 0.0980. The van der Waals surface area contributed by atoms with Crippen LogP contribution in [0.1, 0.15) is 41.1 Å². The summed E-state index contributed by atoms with van der Waals surface area (Å²) in [5.74, 6) is 0.724. The van der Waals surface area contributed by atoms with Crippen LogP contribution in [0.2, 0.25) is 0 Å². The number of Topliss-reactive ketones (excluding diaryl/α,β-unsaturated/α-hetero) is 1. The van der Waals surface area contributed by atoms with Crippen molar-refractivity contribution in [2.75, 3.05) is 6.61 Å². The van der Waals surface area contributed by atoms with E-state index in [-0.39, 0.29) is 12.4 Å². The monoisotopic (exact) mass is 451 g/mol. The van der Waals surface area contributed by atoms with E-state index < -0.39 is 5.54 Å². The van der Waals surface area contributed by atoms with Gasteiger partial charge in [-0.2, -0.15) is 0 Å². The number of carbonyl (C=O) groups is 1. The van der Waals surface area contributed by atoms with Crippen LogP contribution in [0.3, 0.4) is 0 Å². The van der Waals surface area contributed by atoms with Gasteiger partial charge < -0.3 is 4.84 Å². The molecular formula is C27H25N5O2. The number of pyridine rings is 1. The molecular weight excluding hydrogens is 426 g/mol. The number of aromatic nitrogens is 3. The summed E-state index contributed by atoms with van der Waals surface area (Å²) in [5, 5.41) is 8.92. The number of nitrogens with one attached hydrogen (secondary N) is 1. The summed E-state index contributed by atoms with van der Waals surface area (Å²) in [6.45, 7) is 0.780. The SMILES string of the molecule is O=C(CCCC1=NOCC1(NCc1ccccn1)c1ncc2ccccc2n1)c1ccccc1. The van der Waals surface area contributed by atoms with Crippen LogP contribution < -0.4 is 5.32 Å². The largest absolute Gasteiger partial charge is 0.393 e. The second-order valence-corrected chi connectivity index (χ2v) is 8.29. The van der Waals surface area contributed by atoms with Crippen molar-refractivity contribution in [3.63, 3.8) is 0 Å². The highest BCUT2D eigenvalue weighted by Crippen LogP contribution is 2.30. The fourth-order valence-corrected chi connectivity index (χ4v) is 4.16. The lowest BCUT2D eigenvalue weighted by Gasteiger charge is -2.28. The first-order chi connectivity index (χ1) is 16.7. The van der Waals surface area contributed by atoms with Gasteiger partial charge >= 0.3 is 0 Å². The molecule has 5 rings (SSSR count). The highest BCUT2D eigenvalue weighted by atomic mass is 16.6. The molecule has 1 unspecified atom stereocenters. The number of fused-ring (bicyclic) bond motifs is 1. The molecule has 1 aliphatic rings. The van der Waals surface area contributed by atoms with Crippen LogP contribution in [0.25, 0.3) is 10.9 Å². The Morgan fingerprint density at radius 3 is 2.65 bits per heavy atom. The number of ketones is 1. The number of para-hydroxylation sites is 1. The maximum Gasteiger partial charge on any atom is 0.162 e. The molecule has 2 aromatic carbocycles. The van der Waals surface area contributed by atoms with Crippen molar-refractivity contribution in [3.8, 4) is 0 Å². The van der Waals surface area contributed by atoms with E-state index in [1.165, 1.54) is 0 Å². The van der Waals surface area contributed by atoms with Crippen LogP contribution in [0, 0.1) is 0 Å². The average Bonchev–Trinajstić information content (AvgIpc) is 3.32. The van der Waals surface area contributed by atoms with Crippen molar-refractivity contribution in [2.24, 2.45) is 5.16 Å². The number of rotatable bonds is 9. The topological polar surface area (TPSA) is 89.4 Å². The smallest absolute Gasteiger partial charge is 0.162 e. The van der Waals surface area contributed by atoms with E-state index in [0.29, 0.717) is 31.6 Å². The zero-order valence-corrected chi connectivity index (χ0v) is 18.7. The summed E-state index contributed by atoms with van der Waals surface area (Å²) in [5.41, 5.74) is 2.48. The third-order valence-corrected chi connectivity index (χ3v) is 6.03. The summed E-state index contributed by atoms with van der Waals surface area (Å²) >= 11 is 0. The van der Waals surface area contributed by atoms with Gasteiger partial charge in [0.15, 0.2) is 17.1 Å². The van der Waals surface area contributed by atoms with Gasteiger partial charge in [-0.15, -0.1) is 0 Å². The zero-order chi connectivity index (χ0) is 23.2. The quantitative estimate of drug-likeness (QED) is 0.378. The molecule has 2 aromatic heterocycles. The van der Waals surface area contributed by atoms with Gasteiger partial charge in [-0.05, 0) is 31.0 Å². The number of nitrogens with zero attached hydrogens (tertiary/aromatic N) is 4. The van der Waals surface area contributed by atoms with Crippen LogP contribution >= 0.6 is 0 Å². The first kappa shape index (κ1) is 21.9. The number of oxime groups is 1. The Morgan fingerprint density at radius 1 is 0.971 bits per heavy atom. The van der Waals surface area contributed by atoms with E-state index in [1.807, 2.05) is 79.0 Å². The number of hydrogen-bond donors (Lipinski definition) is 1. The lowest BCUT2D eigenvalue weighted by Crippen LogP contribution is -2.50. The Morgan fingerprint density at radius 2 is 1.79 bits per heavy atom. The second kappa shape index (κ2) is 9.89. The predicted molar refractivity (Wildman–Crippen MR) is 130 cm³/mol. The molecule has 7 nitrogen and oxygen atoms in total. The molecule has 0 aliphatic carbocycles. The summed E-state index contributed by atoms with van der Waals surface area (Å²) in [4.78, 5) is 32.2. The average molecular weight is 452 g/mol. The number of carbonyl (C=O) groups excluding carboxylic acids is 1. The van der Waals surface area contributed by atoms with Gasteiger partial charge in [0.1, 0.15) is 6.61 Å². The normalized spacial score (nSPS) is 17.4. The van der Waals surface area contributed by atoms with Crippen LogP contribution in [-0.2, 0) is 16.9 Å². The van der Waals surface area contributed by atoms with Crippen molar-refractivity contribution < 1.29 is 9.63 Å². The maximum atomic E-state index is 12.6. The minimum atomic E-state index is -0.794. The minimum Gasteiger partial charge on any atom is -0.393 e. The van der Waals surface area contributed by atoms with Gasteiger partial charge in [0.05, 0.1) is 16.9 Å². The Hall–Kier alpha value is -3.97. The van der Waals surface area contributed by atoms with E-state index in [9.17, 15) is 4.79 Å². The van der Waals surface area contributed by atoms with Crippen LogP contribution in [-0.4, -0.2) is 33.1 Å². The summed E-state index contributed by atoms with van der Waals surface area (Å²) in [7, 11) is 0. The molecule has 170 valence electrons. The molecule has 1 N–H and O–H groups in total. The predicted octanol–water partition coefficient (Wildman–Crippen LogP) is 4.45. The molecule has 1 aliphatic heterocycles. The molecule has 34 heavy (non-hydrogen) atoms. The van der Waals surface area contributed by atoms with Crippen LogP contribution in [0.5, 0.6) is 0 Å². The van der Waals surface area contributed by atoms with Crippen LogP contribution in [0.4, 0.5) is 0 Å². The van der Waals surface area contributed by atoms with E-state index in [4.69, 9.17) is 14.8 Å². The standard InChI is InChI=1S/C27H25N5O2/c33-24(20-9-2-1-3-10-20)14-8-15-25-27(19-34-32-25,30-18-22-12-6-7-16-28-22)26-29-17-21-11-4-5-13-23(21)31-26/h1-7,9-13,16-17,30H,8,14-15,18-19H2. The molecule has 0 spiro atoms. The highest BCUT2D eigenvalue weighted by molar-refractivity contribution is 5.98. The molecule has 0 bridgehead atoms. The molecule has 0 amide bonds. The summed E-state index contributed by atoms with van der Waals surface area (Å²) in [6, 6.07) is 23.1. The first-order valence-corrected chi connectivity index (χ1v) is 11.4. The van der Waals surface area contributed by atoms with Crippen molar-refractivity contribution in [2.45, 2.75) is 31.3 Å². The van der Waals surface area contributed by atoms with E-state index >= 15 is 0 Å². The Bertz CT molecular complexity index is 1310. The molecule has 0 saturated carbocycles. The fraction of sp³-hybridized carbons (Fsp3) is 0.222. The van der Waals surface area contributed by atoms with E-state index in [2.05, 4.69) is 15.5 Å². The van der Waals surface area contributed by atoms with E-state index in [0.717, 1.165) is 27.9 Å². The zero-order valence-electron chi connectivity index (χ0n) is 18.7. The van der Waals surface area contributed by atoms with E-state index in [1.54, 1.807) is 6.20 Å². The van der Waals surface area contributed by atoms with Gasteiger partial charge in [0.2, 0.25) is 0 Å². The molecule has 7 heteroatoms. The van der Waals surface area contributed by atoms with Gasteiger partial charge in [-0.25, -0.2) is 9.97 Å². The van der Waals surface area contributed by atoms with Crippen molar-refractivity contribution in [1.82, 2.24) is 20.3 Å². The molecule has 1 atom stereocenters. The lowest BCUT2D eigenvalue weighted by atomic mass is 9.89. The summed E-state index contributed by atoms with van der Waals surface area (Å²) < 4.78 is 0. The van der Waals surface area contributed by atoms with Gasteiger partial charge in [0.25, 0.3) is 0 Å². The molecule has 0 radical (unpaired) electrons. The highest BCUT2D eigenvalue weighted by Gasteiger charge is 2.45. The molecule has 0 fully saturated rings. The Labute approximate surface area is 197 Å². The minimum absolute atomic E-state index is 0.120. The van der Waals surface area contributed by atoms with Crippen molar-refractivity contribution in [1.29, 1.82) is 0 Å². The first-order valence-electron chi connectivity index (χ1n) is 11.4. The second-order valence-electron chi connectivity index (χ2n) is 8.29. The Kier molecular flexibility index (Phi) is 6.35. The maximum absolute atomic E-state index is 12.6. The summed E-state index contributed by atoms with van der Waals surface area (Å²) in [6.07, 6.45) is 5.26. The third-order valence-electron chi connectivity index (χ3n) is 6.03. The third kappa shape index (κ3) is 4.56. The number of benzene rings is 2. The Balaban J connectivity index is 1.39. The van der Waals surface area contributed by atoms with Gasteiger partial charge in [-0.1, -0.05) is 59.8 Å². The van der Waals surface area contributed by atoms with Gasteiger partial charge in [0, 0.05) is 36.3 Å². The van der Waals surface area contributed by atoms with Crippen molar-refractivity contribution >= 4 is 22.4 Å². The van der Waals surface area contributed by atoms with Gasteiger partial charge in [-0.3, -0.25) is 15.1 Å².